The molecule has 0 unspecified atom stereocenters. The van der Waals surface area contributed by atoms with E-state index in [4.69, 9.17) is 4.74 Å². The Hall–Kier alpha value is -4.23. The number of nitro groups is 1. The fraction of sp³-hybridized carbons (Fsp3) is 0.207. The Morgan fingerprint density at radius 1 is 1.00 bits per heavy atom. The van der Waals surface area contributed by atoms with Gasteiger partial charge in [0.1, 0.15) is 12.4 Å². The van der Waals surface area contributed by atoms with E-state index < -0.39 is 17.5 Å². The molecule has 0 aromatic heterocycles. The van der Waals surface area contributed by atoms with E-state index in [1.54, 1.807) is 13.1 Å². The highest BCUT2D eigenvalue weighted by molar-refractivity contribution is 6.06. The molecule has 4 aromatic rings. The number of nitrogens with zero attached hydrogens (tertiary/aromatic N) is 2. The average molecular weight is 480 g/mol. The number of carbonyl (C=O) groups excluding carboxylic acids is 1. The summed E-state index contributed by atoms with van der Waals surface area (Å²) in [5.74, 6) is -0.103. The molecule has 6 rings (SSSR count). The third kappa shape index (κ3) is 3.27. The van der Waals surface area contributed by atoms with Crippen LogP contribution in [0.25, 0.3) is 10.8 Å². The number of nitrogens with one attached hydrogen (secondary N) is 1. The molecule has 1 amide bonds. The van der Waals surface area contributed by atoms with Gasteiger partial charge in [-0.2, -0.15) is 0 Å². The third-order valence-electron chi connectivity index (χ3n) is 7.62. The van der Waals surface area contributed by atoms with Gasteiger partial charge in [0, 0.05) is 22.7 Å². The standard InChI is InChI=1S/C29H25N3O4/c1-31-17-24(27(32(34)35)29(31)25-11-4-5-12-26(25)30-28(29)33)20-13-15-22(16-14-20)36-18-21-9-6-8-19-7-2-3-10-23(19)21/h2-16,24,27H,17-18H2,1H3,(H,30,33)/t24-,27+,29+/m1/s1. The number of hydrogen-bond donors (Lipinski definition) is 1. The van der Waals surface area contributed by atoms with Crippen molar-refractivity contribution in [3.8, 4) is 5.75 Å². The summed E-state index contributed by atoms with van der Waals surface area (Å²) in [7, 11) is 1.79. The topological polar surface area (TPSA) is 84.7 Å². The normalized spacial score (nSPS) is 23.1. The minimum Gasteiger partial charge on any atom is -0.489 e. The number of fused-ring (bicyclic) bond motifs is 3. The molecule has 7 heteroatoms. The van der Waals surface area contributed by atoms with Crippen LogP contribution in [-0.2, 0) is 16.9 Å². The third-order valence-corrected chi connectivity index (χ3v) is 7.62. The second-order valence-electron chi connectivity index (χ2n) is 9.48. The molecule has 3 atom stereocenters. The number of likely N-dealkylation sites (N-methyl/N-ethyl adjacent to an activating group) is 1. The van der Waals surface area contributed by atoms with Crippen molar-refractivity contribution in [3.05, 3.63) is 118 Å². The number of anilines is 1. The largest absolute Gasteiger partial charge is 0.489 e. The summed E-state index contributed by atoms with van der Waals surface area (Å²) in [6, 6.07) is 27.9. The van der Waals surface area contributed by atoms with Crippen LogP contribution in [0.2, 0.25) is 0 Å². The van der Waals surface area contributed by atoms with Crippen molar-refractivity contribution in [2.45, 2.75) is 24.1 Å². The molecule has 4 aromatic carbocycles. The van der Waals surface area contributed by atoms with Crippen LogP contribution in [0.4, 0.5) is 5.69 Å². The number of likely N-dealkylation sites (tertiary alicyclic amines) is 1. The van der Waals surface area contributed by atoms with E-state index >= 15 is 0 Å². The summed E-state index contributed by atoms with van der Waals surface area (Å²) < 4.78 is 6.06. The van der Waals surface area contributed by atoms with Crippen molar-refractivity contribution in [1.82, 2.24) is 4.90 Å². The minimum absolute atomic E-state index is 0.291. The number of para-hydroxylation sites is 1. The molecule has 7 nitrogen and oxygen atoms in total. The highest BCUT2D eigenvalue weighted by atomic mass is 16.6. The maximum absolute atomic E-state index is 13.2. The van der Waals surface area contributed by atoms with E-state index in [2.05, 4.69) is 29.6 Å². The lowest BCUT2D eigenvalue weighted by molar-refractivity contribution is -0.534. The lowest BCUT2D eigenvalue weighted by Gasteiger charge is -2.30. The van der Waals surface area contributed by atoms with Crippen LogP contribution in [0.3, 0.4) is 0 Å². The van der Waals surface area contributed by atoms with Crippen LogP contribution in [0.1, 0.15) is 22.6 Å². The van der Waals surface area contributed by atoms with Crippen molar-refractivity contribution in [2.75, 3.05) is 18.9 Å². The molecule has 0 bridgehead atoms. The Kier molecular flexibility index (Phi) is 5.23. The highest BCUT2D eigenvalue weighted by Gasteiger charge is 2.68. The number of benzene rings is 4. The van der Waals surface area contributed by atoms with E-state index in [1.165, 1.54) is 0 Å². The molecule has 2 aliphatic heterocycles. The van der Waals surface area contributed by atoms with E-state index in [9.17, 15) is 14.9 Å². The van der Waals surface area contributed by atoms with E-state index in [1.807, 2.05) is 65.6 Å². The molecule has 1 spiro atoms. The minimum atomic E-state index is -1.34. The molecule has 0 aliphatic carbocycles. The number of amides is 1. The summed E-state index contributed by atoms with van der Waals surface area (Å²) >= 11 is 0. The predicted molar refractivity (Wildman–Crippen MR) is 138 cm³/mol. The molecule has 36 heavy (non-hydrogen) atoms. The maximum Gasteiger partial charge on any atom is 0.256 e. The molecule has 180 valence electrons. The fourth-order valence-corrected chi connectivity index (χ4v) is 5.97. The first kappa shape index (κ1) is 22.2. The zero-order valence-electron chi connectivity index (χ0n) is 19.8. The Labute approximate surface area is 208 Å². The van der Waals surface area contributed by atoms with E-state index in [0.717, 1.165) is 21.9 Å². The van der Waals surface area contributed by atoms with Crippen molar-refractivity contribution in [1.29, 1.82) is 0 Å². The van der Waals surface area contributed by atoms with Crippen molar-refractivity contribution >= 4 is 22.4 Å². The van der Waals surface area contributed by atoms with E-state index in [0.29, 0.717) is 30.2 Å². The highest BCUT2D eigenvalue weighted by Crippen LogP contribution is 2.52. The smallest absolute Gasteiger partial charge is 0.256 e. The van der Waals surface area contributed by atoms with Gasteiger partial charge in [0.15, 0.2) is 5.54 Å². The molecule has 1 N–H and O–H groups in total. The molecule has 0 radical (unpaired) electrons. The quantitative estimate of drug-likeness (QED) is 0.324. The van der Waals surface area contributed by atoms with Crippen LogP contribution in [-0.4, -0.2) is 35.4 Å². The van der Waals surface area contributed by atoms with Gasteiger partial charge in [-0.25, -0.2) is 0 Å². The lowest BCUT2D eigenvalue weighted by Crippen LogP contribution is -2.54. The summed E-state index contributed by atoms with van der Waals surface area (Å²) in [4.78, 5) is 27.2. The molecule has 1 fully saturated rings. The number of ether oxygens (including phenoxy) is 1. The lowest BCUT2D eigenvalue weighted by atomic mass is 9.79. The van der Waals surface area contributed by atoms with Gasteiger partial charge < -0.3 is 10.1 Å². The average Bonchev–Trinajstić information content (AvgIpc) is 3.37. The Morgan fingerprint density at radius 3 is 2.53 bits per heavy atom. The Morgan fingerprint density at radius 2 is 1.72 bits per heavy atom. The van der Waals surface area contributed by atoms with Gasteiger partial charge in [-0.3, -0.25) is 19.8 Å². The van der Waals surface area contributed by atoms with Crippen LogP contribution in [0, 0.1) is 10.1 Å². The first-order valence-electron chi connectivity index (χ1n) is 11.9. The van der Waals surface area contributed by atoms with Gasteiger partial charge in [0.25, 0.3) is 11.9 Å². The molecule has 0 saturated carbocycles. The van der Waals surface area contributed by atoms with Crippen molar-refractivity contribution in [3.63, 3.8) is 0 Å². The van der Waals surface area contributed by atoms with E-state index in [-0.39, 0.29) is 10.8 Å². The zero-order valence-corrected chi connectivity index (χ0v) is 19.8. The SMILES string of the molecule is CN1C[C@H](c2ccc(OCc3cccc4ccccc34)cc2)[C@H]([N+](=O)[O-])[C@@]12C(=O)Nc1ccccc12. The first-order chi connectivity index (χ1) is 17.5. The van der Waals surface area contributed by atoms with Gasteiger partial charge in [-0.05, 0) is 47.1 Å². The maximum atomic E-state index is 13.2. The monoisotopic (exact) mass is 479 g/mol. The second kappa shape index (κ2) is 8.46. The fourth-order valence-electron chi connectivity index (χ4n) is 5.97. The van der Waals surface area contributed by atoms with Crippen LogP contribution < -0.4 is 10.1 Å². The number of hydrogen-bond acceptors (Lipinski definition) is 5. The second-order valence-corrected chi connectivity index (χ2v) is 9.48. The molecule has 2 aliphatic rings. The Bertz CT molecular complexity index is 1480. The summed E-state index contributed by atoms with van der Waals surface area (Å²) in [5, 5.41) is 17.6. The number of rotatable bonds is 5. The van der Waals surface area contributed by atoms with Gasteiger partial charge in [0.05, 0.1) is 5.92 Å². The summed E-state index contributed by atoms with van der Waals surface area (Å²) in [6.45, 7) is 0.814. The van der Waals surface area contributed by atoms with Crippen molar-refractivity contribution < 1.29 is 14.5 Å². The zero-order chi connectivity index (χ0) is 24.9. The molecular formula is C29H25N3O4. The summed E-state index contributed by atoms with van der Waals surface area (Å²) in [5.41, 5.74) is 1.87. The Balaban J connectivity index is 1.27. The summed E-state index contributed by atoms with van der Waals surface area (Å²) in [6.07, 6.45) is 0. The van der Waals surface area contributed by atoms with Crippen LogP contribution in [0.15, 0.2) is 91.0 Å². The predicted octanol–water partition coefficient (Wildman–Crippen LogP) is 4.94. The van der Waals surface area contributed by atoms with Crippen molar-refractivity contribution in [2.24, 2.45) is 0 Å². The van der Waals surface area contributed by atoms with Gasteiger partial charge in [-0.15, -0.1) is 0 Å². The first-order valence-corrected chi connectivity index (χ1v) is 11.9. The molecule has 2 heterocycles. The van der Waals surface area contributed by atoms with Gasteiger partial charge in [0.2, 0.25) is 0 Å². The van der Waals surface area contributed by atoms with Gasteiger partial charge in [-0.1, -0.05) is 72.8 Å². The van der Waals surface area contributed by atoms with Gasteiger partial charge >= 0.3 is 0 Å². The molecule has 1 saturated heterocycles. The van der Waals surface area contributed by atoms with Crippen LogP contribution >= 0.6 is 0 Å². The van der Waals surface area contributed by atoms with Crippen LogP contribution in [0.5, 0.6) is 5.75 Å². The molecular weight excluding hydrogens is 454 g/mol. The number of carbonyl (C=O) groups is 1.